The molecule has 1 N–H and O–H groups in total. The molecule has 1 aliphatic rings. The zero-order chi connectivity index (χ0) is 15.5. The van der Waals surface area contributed by atoms with Gasteiger partial charge in [-0.25, -0.2) is 0 Å². The minimum Gasteiger partial charge on any atom is -0.326 e. The molecule has 0 aliphatic carbocycles. The van der Waals surface area contributed by atoms with Gasteiger partial charge in [0.1, 0.15) is 0 Å². The van der Waals surface area contributed by atoms with Gasteiger partial charge in [0.05, 0.1) is 6.42 Å². The first kappa shape index (κ1) is 14.8. The second-order valence-electron chi connectivity index (χ2n) is 5.45. The minimum atomic E-state index is -0.0370. The molecule has 0 saturated carbocycles. The summed E-state index contributed by atoms with van der Waals surface area (Å²) in [6.07, 6.45) is 1.88. The molecule has 0 spiro atoms. The van der Waals surface area contributed by atoms with Crippen LogP contribution < -0.4 is 10.2 Å². The van der Waals surface area contributed by atoms with E-state index in [1.165, 1.54) is 0 Å². The fourth-order valence-corrected chi connectivity index (χ4v) is 3.36. The minimum absolute atomic E-state index is 0.0370. The Bertz CT molecular complexity index is 695. The van der Waals surface area contributed by atoms with E-state index in [1.807, 2.05) is 47.5 Å². The molecule has 5 heteroatoms. The average Bonchev–Trinajstić information content (AvgIpc) is 3.13. The van der Waals surface area contributed by atoms with Crippen molar-refractivity contribution >= 4 is 34.5 Å². The topological polar surface area (TPSA) is 49.4 Å². The molecule has 1 aliphatic heterocycles. The van der Waals surface area contributed by atoms with Gasteiger partial charge < -0.3 is 10.2 Å². The maximum absolute atomic E-state index is 12.1. The number of carbonyl (C=O) groups is 2. The maximum atomic E-state index is 12.1. The Morgan fingerprint density at radius 3 is 2.91 bits per heavy atom. The highest BCUT2D eigenvalue weighted by molar-refractivity contribution is 7.10. The first-order chi connectivity index (χ1) is 10.6. The molecule has 2 amide bonds. The first-order valence-electron chi connectivity index (χ1n) is 7.37. The van der Waals surface area contributed by atoms with Crippen LogP contribution in [0.25, 0.3) is 0 Å². The molecule has 114 valence electrons. The Hall–Kier alpha value is -2.14. The van der Waals surface area contributed by atoms with Crippen LogP contribution in [-0.4, -0.2) is 18.4 Å². The van der Waals surface area contributed by atoms with E-state index in [9.17, 15) is 9.59 Å². The van der Waals surface area contributed by atoms with Crippen molar-refractivity contribution in [3.8, 4) is 0 Å². The molecule has 1 aromatic carbocycles. The van der Waals surface area contributed by atoms with Crippen LogP contribution in [0.2, 0.25) is 0 Å². The molecule has 0 unspecified atom stereocenters. The Morgan fingerprint density at radius 1 is 1.36 bits per heavy atom. The lowest BCUT2D eigenvalue weighted by atomic mass is 10.1. The third kappa shape index (κ3) is 3.20. The predicted molar refractivity (Wildman–Crippen MR) is 89.4 cm³/mol. The van der Waals surface area contributed by atoms with Gasteiger partial charge in [-0.15, -0.1) is 11.3 Å². The molecule has 3 rings (SSSR count). The standard InChI is InChI=1S/C17H18N2O2S/c1-12-6-7-13(10-15(12)19-8-2-5-17(19)21)18-16(20)11-14-4-3-9-22-14/h3-4,6-7,9-10H,2,5,8,11H2,1H3,(H,18,20). The van der Waals surface area contributed by atoms with Crippen LogP contribution in [0.5, 0.6) is 0 Å². The van der Waals surface area contributed by atoms with Crippen molar-refractivity contribution in [1.29, 1.82) is 0 Å². The smallest absolute Gasteiger partial charge is 0.229 e. The molecule has 1 fully saturated rings. The van der Waals surface area contributed by atoms with E-state index in [2.05, 4.69) is 5.32 Å². The summed E-state index contributed by atoms with van der Waals surface area (Å²) in [7, 11) is 0. The molecule has 0 atom stereocenters. The van der Waals surface area contributed by atoms with Gasteiger partial charge in [0, 0.05) is 29.2 Å². The van der Waals surface area contributed by atoms with Gasteiger partial charge in [-0.3, -0.25) is 9.59 Å². The summed E-state index contributed by atoms with van der Waals surface area (Å²) in [4.78, 5) is 26.8. The van der Waals surface area contributed by atoms with E-state index in [0.717, 1.165) is 34.8 Å². The number of thiophene rings is 1. The monoisotopic (exact) mass is 314 g/mol. The SMILES string of the molecule is Cc1ccc(NC(=O)Cc2cccs2)cc1N1CCCC1=O. The highest BCUT2D eigenvalue weighted by atomic mass is 32.1. The van der Waals surface area contributed by atoms with Crippen LogP contribution in [0.1, 0.15) is 23.3 Å². The van der Waals surface area contributed by atoms with Crippen molar-refractivity contribution in [2.75, 3.05) is 16.8 Å². The van der Waals surface area contributed by atoms with Crippen LogP contribution in [0, 0.1) is 6.92 Å². The second kappa shape index (κ2) is 6.32. The highest BCUT2D eigenvalue weighted by Crippen LogP contribution is 2.28. The van der Waals surface area contributed by atoms with E-state index in [0.29, 0.717) is 12.8 Å². The molecule has 1 saturated heterocycles. The number of nitrogens with one attached hydrogen (secondary N) is 1. The number of anilines is 2. The molecular weight excluding hydrogens is 296 g/mol. The van der Waals surface area contributed by atoms with Crippen molar-refractivity contribution in [3.05, 3.63) is 46.2 Å². The summed E-state index contributed by atoms with van der Waals surface area (Å²) in [5.41, 5.74) is 2.68. The van der Waals surface area contributed by atoms with Gasteiger partial charge in [-0.05, 0) is 42.5 Å². The van der Waals surface area contributed by atoms with E-state index in [1.54, 1.807) is 11.3 Å². The zero-order valence-corrected chi connectivity index (χ0v) is 13.3. The number of carbonyl (C=O) groups excluding carboxylic acids is 2. The number of amides is 2. The van der Waals surface area contributed by atoms with Gasteiger partial charge >= 0.3 is 0 Å². The summed E-state index contributed by atoms with van der Waals surface area (Å²) < 4.78 is 0. The zero-order valence-electron chi connectivity index (χ0n) is 12.5. The molecule has 2 heterocycles. The Morgan fingerprint density at radius 2 is 2.23 bits per heavy atom. The Kier molecular flexibility index (Phi) is 4.24. The van der Waals surface area contributed by atoms with Crippen molar-refractivity contribution in [2.24, 2.45) is 0 Å². The Balaban J connectivity index is 1.74. The fraction of sp³-hybridized carbons (Fsp3) is 0.294. The summed E-state index contributed by atoms with van der Waals surface area (Å²) in [5, 5.41) is 4.88. The molecule has 4 nitrogen and oxygen atoms in total. The third-order valence-electron chi connectivity index (χ3n) is 3.77. The third-order valence-corrected chi connectivity index (χ3v) is 4.65. The number of aryl methyl sites for hydroxylation is 1. The molecule has 0 radical (unpaired) electrons. The molecular formula is C17H18N2O2S. The van der Waals surface area contributed by atoms with E-state index < -0.39 is 0 Å². The Labute approximate surface area is 133 Å². The van der Waals surface area contributed by atoms with Gasteiger partial charge in [-0.1, -0.05) is 12.1 Å². The van der Waals surface area contributed by atoms with Crippen LogP contribution in [0.4, 0.5) is 11.4 Å². The van der Waals surface area contributed by atoms with Crippen LogP contribution in [0.15, 0.2) is 35.7 Å². The van der Waals surface area contributed by atoms with E-state index in [4.69, 9.17) is 0 Å². The fourth-order valence-electron chi connectivity index (χ4n) is 2.66. The van der Waals surface area contributed by atoms with E-state index in [-0.39, 0.29) is 11.8 Å². The van der Waals surface area contributed by atoms with Gasteiger partial charge in [0.2, 0.25) is 11.8 Å². The van der Waals surface area contributed by atoms with Crippen molar-refractivity contribution in [3.63, 3.8) is 0 Å². The predicted octanol–water partition coefficient (Wildman–Crippen LogP) is 3.36. The first-order valence-corrected chi connectivity index (χ1v) is 8.25. The number of hydrogen-bond acceptors (Lipinski definition) is 3. The lowest BCUT2D eigenvalue weighted by Crippen LogP contribution is -2.24. The molecule has 1 aromatic heterocycles. The number of benzene rings is 1. The normalized spacial score (nSPS) is 14.4. The van der Waals surface area contributed by atoms with Crippen molar-refractivity contribution in [1.82, 2.24) is 0 Å². The quantitative estimate of drug-likeness (QED) is 0.940. The van der Waals surface area contributed by atoms with Crippen LogP contribution >= 0.6 is 11.3 Å². The lowest BCUT2D eigenvalue weighted by Gasteiger charge is -2.19. The largest absolute Gasteiger partial charge is 0.326 e. The summed E-state index contributed by atoms with van der Waals surface area (Å²) in [5.74, 6) is 0.121. The van der Waals surface area contributed by atoms with Crippen LogP contribution in [-0.2, 0) is 16.0 Å². The summed E-state index contributed by atoms with van der Waals surface area (Å²) in [6.45, 7) is 2.74. The van der Waals surface area contributed by atoms with Crippen molar-refractivity contribution in [2.45, 2.75) is 26.2 Å². The maximum Gasteiger partial charge on any atom is 0.229 e. The van der Waals surface area contributed by atoms with Crippen LogP contribution in [0.3, 0.4) is 0 Å². The molecule has 2 aromatic rings. The average molecular weight is 314 g/mol. The number of hydrogen-bond donors (Lipinski definition) is 1. The molecule has 22 heavy (non-hydrogen) atoms. The van der Waals surface area contributed by atoms with Crippen molar-refractivity contribution < 1.29 is 9.59 Å². The molecule has 0 bridgehead atoms. The highest BCUT2D eigenvalue weighted by Gasteiger charge is 2.23. The van der Waals surface area contributed by atoms with Gasteiger partial charge in [0.25, 0.3) is 0 Å². The second-order valence-corrected chi connectivity index (χ2v) is 6.49. The van der Waals surface area contributed by atoms with E-state index >= 15 is 0 Å². The number of nitrogens with zero attached hydrogens (tertiary/aromatic N) is 1. The summed E-state index contributed by atoms with van der Waals surface area (Å²) in [6, 6.07) is 9.61. The van der Waals surface area contributed by atoms with Gasteiger partial charge in [-0.2, -0.15) is 0 Å². The number of rotatable bonds is 4. The lowest BCUT2D eigenvalue weighted by molar-refractivity contribution is -0.117. The summed E-state index contributed by atoms with van der Waals surface area (Å²) >= 11 is 1.57. The van der Waals surface area contributed by atoms with Gasteiger partial charge in [0.15, 0.2) is 0 Å².